The maximum atomic E-state index is 12.1. The molecule has 1 saturated carbocycles. The van der Waals surface area contributed by atoms with E-state index in [9.17, 15) is 14.7 Å². The summed E-state index contributed by atoms with van der Waals surface area (Å²) in [5.74, 6) is -1.15. The molecule has 1 N–H and O–H groups in total. The Kier molecular flexibility index (Phi) is 3.50. The average molecular weight is 246 g/mol. The van der Waals surface area contributed by atoms with Gasteiger partial charge in [0.2, 0.25) is 0 Å². The fraction of sp³-hybridized carbons (Fsp3) is 0.467. The molecule has 96 valence electrons. The summed E-state index contributed by atoms with van der Waals surface area (Å²) in [6.45, 7) is 1.71. The van der Waals surface area contributed by atoms with Crippen LogP contribution in [0.3, 0.4) is 0 Å². The Morgan fingerprint density at radius 2 is 2.06 bits per heavy atom. The molecule has 0 bridgehead atoms. The van der Waals surface area contributed by atoms with Gasteiger partial charge in [-0.15, -0.1) is 0 Å². The lowest BCUT2D eigenvalue weighted by Gasteiger charge is -2.36. The van der Waals surface area contributed by atoms with Gasteiger partial charge in [-0.2, -0.15) is 0 Å². The monoisotopic (exact) mass is 246 g/mol. The molecule has 2 rings (SSSR count). The first-order chi connectivity index (χ1) is 8.54. The van der Waals surface area contributed by atoms with Crippen LogP contribution in [0.1, 0.15) is 31.7 Å². The highest BCUT2D eigenvalue weighted by atomic mass is 16.4. The Labute approximate surface area is 107 Å². The van der Waals surface area contributed by atoms with Crippen LogP contribution < -0.4 is 0 Å². The Hall–Kier alpha value is -1.64. The van der Waals surface area contributed by atoms with Gasteiger partial charge in [0, 0.05) is 12.3 Å². The zero-order valence-electron chi connectivity index (χ0n) is 10.6. The predicted octanol–water partition coefficient (Wildman–Crippen LogP) is 2.69. The van der Waals surface area contributed by atoms with Crippen LogP contribution in [0.15, 0.2) is 30.3 Å². The maximum Gasteiger partial charge on any atom is 0.310 e. The van der Waals surface area contributed by atoms with Gasteiger partial charge in [0.05, 0.1) is 5.41 Å². The SMILES string of the molecule is CC1(C(=O)O)CCCC(=O)C1Cc1ccccc1. The molecular formula is C15H18O3. The molecule has 0 saturated heterocycles. The number of benzene rings is 1. The van der Waals surface area contributed by atoms with Crippen LogP contribution >= 0.6 is 0 Å². The van der Waals surface area contributed by atoms with Crippen LogP contribution in [-0.4, -0.2) is 16.9 Å². The topological polar surface area (TPSA) is 54.4 Å². The second-order valence-corrected chi connectivity index (χ2v) is 5.28. The van der Waals surface area contributed by atoms with Crippen molar-refractivity contribution in [2.45, 2.75) is 32.6 Å². The molecule has 2 unspecified atom stereocenters. The van der Waals surface area contributed by atoms with E-state index in [0.717, 1.165) is 5.56 Å². The lowest BCUT2D eigenvalue weighted by atomic mass is 9.65. The minimum absolute atomic E-state index is 0.0926. The van der Waals surface area contributed by atoms with Crippen LogP contribution in [0, 0.1) is 11.3 Å². The van der Waals surface area contributed by atoms with Gasteiger partial charge in [0.15, 0.2) is 0 Å². The minimum atomic E-state index is -0.912. The van der Waals surface area contributed by atoms with E-state index in [1.165, 1.54) is 0 Å². The number of carbonyl (C=O) groups is 2. The van der Waals surface area contributed by atoms with Crippen LogP contribution in [0.5, 0.6) is 0 Å². The van der Waals surface area contributed by atoms with Gasteiger partial charge in [-0.1, -0.05) is 30.3 Å². The van der Waals surface area contributed by atoms with E-state index in [4.69, 9.17) is 0 Å². The van der Waals surface area contributed by atoms with Gasteiger partial charge < -0.3 is 5.11 Å². The molecule has 3 nitrogen and oxygen atoms in total. The molecule has 0 heterocycles. The van der Waals surface area contributed by atoms with Crippen LogP contribution in [-0.2, 0) is 16.0 Å². The highest BCUT2D eigenvalue weighted by Crippen LogP contribution is 2.41. The van der Waals surface area contributed by atoms with Crippen molar-refractivity contribution in [1.82, 2.24) is 0 Å². The van der Waals surface area contributed by atoms with Gasteiger partial charge in [-0.3, -0.25) is 9.59 Å². The van der Waals surface area contributed by atoms with E-state index in [2.05, 4.69) is 0 Å². The first-order valence-electron chi connectivity index (χ1n) is 6.34. The molecule has 1 aliphatic rings. The van der Waals surface area contributed by atoms with Crippen molar-refractivity contribution in [2.24, 2.45) is 11.3 Å². The van der Waals surface area contributed by atoms with Gasteiger partial charge in [0.25, 0.3) is 0 Å². The highest BCUT2D eigenvalue weighted by molar-refractivity contribution is 5.89. The summed E-state index contributed by atoms with van der Waals surface area (Å²) >= 11 is 0. The van der Waals surface area contributed by atoms with E-state index in [-0.39, 0.29) is 5.78 Å². The molecule has 1 aromatic carbocycles. The van der Waals surface area contributed by atoms with Crippen molar-refractivity contribution in [3.63, 3.8) is 0 Å². The third-order valence-corrected chi connectivity index (χ3v) is 4.05. The number of carboxylic acid groups (broad SMARTS) is 1. The number of rotatable bonds is 3. The predicted molar refractivity (Wildman–Crippen MR) is 68.2 cm³/mol. The van der Waals surface area contributed by atoms with Crippen molar-refractivity contribution in [3.05, 3.63) is 35.9 Å². The molecule has 1 aromatic rings. The Morgan fingerprint density at radius 1 is 1.39 bits per heavy atom. The largest absolute Gasteiger partial charge is 0.481 e. The lowest BCUT2D eigenvalue weighted by Crippen LogP contribution is -2.44. The van der Waals surface area contributed by atoms with Crippen LogP contribution in [0.2, 0.25) is 0 Å². The van der Waals surface area contributed by atoms with Gasteiger partial charge >= 0.3 is 5.97 Å². The summed E-state index contributed by atoms with van der Waals surface area (Å²) in [4.78, 5) is 23.5. The standard InChI is InChI=1S/C15H18O3/c1-15(14(17)18)9-5-8-13(16)12(15)10-11-6-3-2-4-7-11/h2-4,6-7,12H,5,8-10H2,1H3,(H,17,18). The molecule has 18 heavy (non-hydrogen) atoms. The molecule has 0 aromatic heterocycles. The number of carbonyl (C=O) groups excluding carboxylic acids is 1. The zero-order valence-corrected chi connectivity index (χ0v) is 10.6. The Morgan fingerprint density at radius 3 is 2.67 bits per heavy atom. The number of ketones is 1. The minimum Gasteiger partial charge on any atom is -0.481 e. The Balaban J connectivity index is 2.26. The number of hydrogen-bond donors (Lipinski definition) is 1. The summed E-state index contributed by atoms with van der Waals surface area (Å²) < 4.78 is 0. The summed E-state index contributed by atoms with van der Waals surface area (Å²) in [6, 6.07) is 9.65. The summed E-state index contributed by atoms with van der Waals surface area (Å²) in [6.07, 6.45) is 2.32. The maximum absolute atomic E-state index is 12.1. The molecule has 1 aliphatic carbocycles. The van der Waals surface area contributed by atoms with Crippen molar-refractivity contribution >= 4 is 11.8 Å². The summed E-state index contributed by atoms with van der Waals surface area (Å²) in [5.41, 5.74) is 0.121. The highest BCUT2D eigenvalue weighted by Gasteiger charge is 2.47. The van der Waals surface area contributed by atoms with Crippen LogP contribution in [0.4, 0.5) is 0 Å². The van der Waals surface area contributed by atoms with Crippen molar-refractivity contribution < 1.29 is 14.7 Å². The normalized spacial score (nSPS) is 28.1. The number of hydrogen-bond acceptors (Lipinski definition) is 2. The van der Waals surface area contributed by atoms with E-state index >= 15 is 0 Å². The third kappa shape index (κ3) is 2.30. The third-order valence-electron chi connectivity index (χ3n) is 4.05. The molecule has 2 atom stereocenters. The van der Waals surface area contributed by atoms with E-state index < -0.39 is 17.3 Å². The molecule has 0 aliphatic heterocycles. The van der Waals surface area contributed by atoms with Crippen molar-refractivity contribution in [3.8, 4) is 0 Å². The molecule has 0 spiro atoms. The molecule has 0 amide bonds. The Bertz CT molecular complexity index is 452. The molecule has 1 fully saturated rings. The molecule has 0 radical (unpaired) electrons. The molecule has 3 heteroatoms. The van der Waals surface area contributed by atoms with Gasteiger partial charge in [-0.25, -0.2) is 0 Å². The number of carboxylic acids is 1. The van der Waals surface area contributed by atoms with Gasteiger partial charge in [-0.05, 0) is 31.7 Å². The van der Waals surface area contributed by atoms with Gasteiger partial charge in [0.1, 0.15) is 5.78 Å². The second-order valence-electron chi connectivity index (χ2n) is 5.28. The molecular weight excluding hydrogens is 228 g/mol. The lowest BCUT2D eigenvalue weighted by molar-refractivity contribution is -0.157. The van der Waals surface area contributed by atoms with E-state index in [1.54, 1.807) is 6.92 Å². The summed E-state index contributed by atoms with van der Waals surface area (Å²) in [7, 11) is 0. The smallest absolute Gasteiger partial charge is 0.310 e. The first-order valence-corrected chi connectivity index (χ1v) is 6.34. The fourth-order valence-electron chi connectivity index (χ4n) is 2.78. The average Bonchev–Trinajstić information content (AvgIpc) is 2.35. The zero-order chi connectivity index (χ0) is 13.2. The number of aliphatic carboxylic acids is 1. The van der Waals surface area contributed by atoms with Crippen LogP contribution in [0.25, 0.3) is 0 Å². The van der Waals surface area contributed by atoms with E-state index in [1.807, 2.05) is 30.3 Å². The summed E-state index contributed by atoms with van der Waals surface area (Å²) in [5, 5.41) is 9.41. The van der Waals surface area contributed by atoms with Crippen molar-refractivity contribution in [2.75, 3.05) is 0 Å². The second kappa shape index (κ2) is 4.92. The fourth-order valence-corrected chi connectivity index (χ4v) is 2.78. The van der Waals surface area contributed by atoms with Crippen molar-refractivity contribution in [1.29, 1.82) is 0 Å². The first kappa shape index (κ1) is 12.8. The van der Waals surface area contributed by atoms with E-state index in [0.29, 0.717) is 25.7 Å². The number of Topliss-reactive ketones (excluding diaryl/α,β-unsaturated/α-hetero) is 1. The quantitative estimate of drug-likeness (QED) is 0.892.